The first-order valence-electron chi connectivity index (χ1n) is 8.85. The minimum Gasteiger partial charge on any atom is -0.337 e. The van der Waals surface area contributed by atoms with Crippen LogP contribution in [0.15, 0.2) is 72.0 Å². The fourth-order valence-electron chi connectivity index (χ4n) is 3.04. The SMILES string of the molecule is Cc1ccc2ncc(C(=O)N(C)Cc3cnn(-c4ccccc4)c3)c(=O)n2c1. The summed E-state index contributed by atoms with van der Waals surface area (Å²) in [7, 11) is 1.66. The molecular weight excluding hydrogens is 354 g/mol. The number of aromatic nitrogens is 4. The van der Waals surface area contributed by atoms with E-state index in [1.165, 1.54) is 15.5 Å². The molecule has 0 fully saturated rings. The van der Waals surface area contributed by atoms with Crippen LogP contribution in [-0.4, -0.2) is 37.0 Å². The largest absolute Gasteiger partial charge is 0.337 e. The van der Waals surface area contributed by atoms with Gasteiger partial charge in [-0.25, -0.2) is 9.67 Å². The molecule has 0 aliphatic carbocycles. The molecule has 0 bridgehead atoms. The highest BCUT2D eigenvalue weighted by atomic mass is 16.2. The van der Waals surface area contributed by atoms with Gasteiger partial charge in [-0.15, -0.1) is 0 Å². The van der Waals surface area contributed by atoms with Gasteiger partial charge in [-0.2, -0.15) is 5.10 Å². The molecule has 0 saturated carbocycles. The number of carbonyl (C=O) groups is 1. The Balaban J connectivity index is 1.57. The molecule has 4 aromatic rings. The molecular formula is C21H19N5O2. The summed E-state index contributed by atoms with van der Waals surface area (Å²) in [6, 6.07) is 13.4. The summed E-state index contributed by atoms with van der Waals surface area (Å²) >= 11 is 0. The average molecular weight is 373 g/mol. The summed E-state index contributed by atoms with van der Waals surface area (Å²) in [5, 5.41) is 4.34. The molecule has 1 amide bonds. The molecule has 0 atom stereocenters. The highest BCUT2D eigenvalue weighted by Crippen LogP contribution is 2.10. The van der Waals surface area contributed by atoms with Crippen LogP contribution in [0.4, 0.5) is 0 Å². The van der Waals surface area contributed by atoms with E-state index in [9.17, 15) is 9.59 Å². The Morgan fingerprint density at radius 1 is 1.07 bits per heavy atom. The van der Waals surface area contributed by atoms with E-state index < -0.39 is 0 Å². The van der Waals surface area contributed by atoms with E-state index in [0.717, 1.165) is 16.8 Å². The predicted octanol–water partition coefficient (Wildman–Crippen LogP) is 2.46. The van der Waals surface area contributed by atoms with Crippen molar-refractivity contribution in [1.29, 1.82) is 0 Å². The molecule has 0 spiro atoms. The number of aryl methyl sites for hydroxylation is 1. The summed E-state index contributed by atoms with van der Waals surface area (Å²) in [5.41, 5.74) is 2.91. The lowest BCUT2D eigenvalue weighted by molar-refractivity contribution is 0.0782. The minimum absolute atomic E-state index is 0.0426. The number of para-hydroxylation sites is 1. The van der Waals surface area contributed by atoms with Crippen LogP contribution in [0.1, 0.15) is 21.5 Å². The van der Waals surface area contributed by atoms with Crippen molar-refractivity contribution in [2.75, 3.05) is 7.05 Å². The van der Waals surface area contributed by atoms with Crippen LogP contribution in [0.5, 0.6) is 0 Å². The quantitative estimate of drug-likeness (QED) is 0.551. The van der Waals surface area contributed by atoms with Crippen molar-refractivity contribution in [2.45, 2.75) is 13.5 Å². The van der Waals surface area contributed by atoms with E-state index in [1.807, 2.05) is 49.5 Å². The molecule has 0 N–H and O–H groups in total. The van der Waals surface area contributed by atoms with Gasteiger partial charge in [0.25, 0.3) is 11.5 Å². The van der Waals surface area contributed by atoms with E-state index in [0.29, 0.717) is 12.2 Å². The number of fused-ring (bicyclic) bond motifs is 1. The van der Waals surface area contributed by atoms with Crippen LogP contribution in [0.2, 0.25) is 0 Å². The van der Waals surface area contributed by atoms with Gasteiger partial charge in [-0.05, 0) is 30.7 Å². The Labute approximate surface area is 161 Å². The lowest BCUT2D eigenvalue weighted by atomic mass is 10.2. The number of hydrogen-bond donors (Lipinski definition) is 0. The van der Waals surface area contributed by atoms with Crippen LogP contribution in [-0.2, 0) is 6.54 Å². The molecule has 0 radical (unpaired) electrons. The van der Waals surface area contributed by atoms with E-state index in [1.54, 1.807) is 30.2 Å². The summed E-state index contributed by atoms with van der Waals surface area (Å²) in [6.45, 7) is 2.22. The molecule has 3 heterocycles. The van der Waals surface area contributed by atoms with Crippen LogP contribution < -0.4 is 5.56 Å². The fourth-order valence-corrected chi connectivity index (χ4v) is 3.04. The number of nitrogens with zero attached hydrogens (tertiary/aromatic N) is 5. The van der Waals surface area contributed by atoms with Crippen molar-refractivity contribution in [3.63, 3.8) is 0 Å². The minimum atomic E-state index is -0.374. The lowest BCUT2D eigenvalue weighted by Gasteiger charge is -2.16. The number of pyridine rings is 1. The Morgan fingerprint density at radius 2 is 1.86 bits per heavy atom. The van der Waals surface area contributed by atoms with Crippen molar-refractivity contribution in [3.8, 4) is 5.69 Å². The van der Waals surface area contributed by atoms with Gasteiger partial charge in [-0.1, -0.05) is 24.3 Å². The molecule has 0 aliphatic rings. The normalized spacial score (nSPS) is 10.9. The summed E-state index contributed by atoms with van der Waals surface area (Å²) in [4.78, 5) is 31.3. The molecule has 3 aromatic heterocycles. The first kappa shape index (κ1) is 17.7. The number of rotatable bonds is 4. The standard InChI is InChI=1S/C21H19N5O2/c1-15-8-9-19-22-11-18(21(28)25(19)12-15)20(27)24(2)13-16-10-23-26(14-16)17-6-4-3-5-7-17/h3-12,14H,13H2,1-2H3. The lowest BCUT2D eigenvalue weighted by Crippen LogP contribution is -2.33. The summed E-state index contributed by atoms with van der Waals surface area (Å²) < 4.78 is 3.16. The van der Waals surface area contributed by atoms with E-state index in [-0.39, 0.29) is 17.0 Å². The van der Waals surface area contributed by atoms with Crippen LogP contribution in [0, 0.1) is 6.92 Å². The van der Waals surface area contributed by atoms with Gasteiger partial charge < -0.3 is 4.90 Å². The zero-order chi connectivity index (χ0) is 19.7. The molecule has 0 saturated heterocycles. The Kier molecular flexibility index (Phi) is 4.49. The second-order valence-corrected chi connectivity index (χ2v) is 6.70. The molecule has 7 heteroatoms. The van der Waals surface area contributed by atoms with Crippen molar-refractivity contribution >= 4 is 11.6 Å². The van der Waals surface area contributed by atoms with Gasteiger partial charge >= 0.3 is 0 Å². The number of benzene rings is 1. The zero-order valence-electron chi connectivity index (χ0n) is 15.6. The Morgan fingerprint density at radius 3 is 2.64 bits per heavy atom. The van der Waals surface area contributed by atoms with Crippen molar-refractivity contribution in [3.05, 3.63) is 94.3 Å². The Hall–Kier alpha value is -3.74. The van der Waals surface area contributed by atoms with Gasteiger partial charge in [0.05, 0.1) is 11.9 Å². The number of hydrogen-bond acceptors (Lipinski definition) is 4. The molecule has 140 valence electrons. The molecule has 7 nitrogen and oxygen atoms in total. The Bertz CT molecular complexity index is 1210. The first-order valence-corrected chi connectivity index (χ1v) is 8.85. The highest BCUT2D eigenvalue weighted by molar-refractivity contribution is 5.93. The van der Waals surface area contributed by atoms with E-state index in [2.05, 4.69) is 10.1 Å². The summed E-state index contributed by atoms with van der Waals surface area (Å²) in [5.74, 6) is -0.374. The maximum Gasteiger partial charge on any atom is 0.270 e. The second-order valence-electron chi connectivity index (χ2n) is 6.70. The van der Waals surface area contributed by atoms with E-state index >= 15 is 0 Å². The monoisotopic (exact) mass is 373 g/mol. The van der Waals surface area contributed by atoms with Crippen molar-refractivity contribution < 1.29 is 4.79 Å². The van der Waals surface area contributed by atoms with Gasteiger partial charge in [0.15, 0.2) is 0 Å². The second kappa shape index (κ2) is 7.11. The average Bonchev–Trinajstić information content (AvgIpc) is 3.17. The first-order chi connectivity index (χ1) is 13.5. The molecule has 0 unspecified atom stereocenters. The van der Waals surface area contributed by atoms with Gasteiger partial charge in [0.2, 0.25) is 0 Å². The molecule has 1 aromatic carbocycles. The zero-order valence-corrected chi connectivity index (χ0v) is 15.6. The van der Waals surface area contributed by atoms with Gasteiger partial charge in [0.1, 0.15) is 11.2 Å². The number of amides is 1. The number of carbonyl (C=O) groups excluding carboxylic acids is 1. The molecule has 28 heavy (non-hydrogen) atoms. The van der Waals surface area contributed by atoms with E-state index in [4.69, 9.17) is 0 Å². The third kappa shape index (κ3) is 3.29. The van der Waals surface area contributed by atoms with Crippen LogP contribution >= 0.6 is 0 Å². The van der Waals surface area contributed by atoms with Gasteiger partial charge in [-0.3, -0.25) is 14.0 Å². The van der Waals surface area contributed by atoms with Gasteiger partial charge in [0, 0.05) is 37.7 Å². The van der Waals surface area contributed by atoms with Crippen molar-refractivity contribution in [1.82, 2.24) is 24.1 Å². The maximum absolute atomic E-state index is 12.8. The predicted molar refractivity (Wildman–Crippen MR) is 106 cm³/mol. The van der Waals surface area contributed by atoms with Crippen molar-refractivity contribution in [2.24, 2.45) is 0 Å². The maximum atomic E-state index is 12.8. The summed E-state index contributed by atoms with van der Waals surface area (Å²) in [6.07, 6.45) is 6.62. The fraction of sp³-hybridized carbons (Fsp3) is 0.143. The third-order valence-electron chi connectivity index (χ3n) is 4.50. The smallest absolute Gasteiger partial charge is 0.270 e. The van der Waals surface area contributed by atoms with Crippen LogP contribution in [0.3, 0.4) is 0 Å². The molecule has 0 aliphatic heterocycles. The third-order valence-corrected chi connectivity index (χ3v) is 4.50. The molecule has 4 rings (SSSR count). The van der Waals surface area contributed by atoms with Crippen LogP contribution in [0.25, 0.3) is 11.3 Å². The topological polar surface area (TPSA) is 72.5 Å². The highest BCUT2D eigenvalue weighted by Gasteiger charge is 2.18.